The minimum Gasteiger partial charge on any atom is -0.322 e. The lowest BCUT2D eigenvalue weighted by Gasteiger charge is -2.06. The monoisotopic (exact) mass is 378 g/mol. The van der Waals surface area contributed by atoms with Gasteiger partial charge < -0.3 is 5.43 Å². The number of nitrogens with one attached hydrogen (secondary N) is 1. The van der Waals surface area contributed by atoms with Crippen molar-refractivity contribution in [1.29, 1.82) is 0 Å². The lowest BCUT2D eigenvalue weighted by Crippen LogP contribution is -2.08. The van der Waals surface area contributed by atoms with E-state index in [-0.39, 0.29) is 12.4 Å². The molecule has 0 saturated carbocycles. The fourth-order valence-corrected chi connectivity index (χ4v) is 2.16. The van der Waals surface area contributed by atoms with Gasteiger partial charge in [0.25, 0.3) is 0 Å². The first-order chi connectivity index (χ1) is 5.16. The molecule has 0 amide bonds. The zero-order valence-electron chi connectivity index (χ0n) is 5.77. The minimum atomic E-state index is 0. The van der Waals surface area contributed by atoms with Crippen LogP contribution in [0.5, 0.6) is 0 Å². The average molecular weight is 381 g/mol. The van der Waals surface area contributed by atoms with Gasteiger partial charge in [-0.3, -0.25) is 5.84 Å². The van der Waals surface area contributed by atoms with E-state index in [1.54, 1.807) is 0 Å². The quantitative estimate of drug-likeness (QED) is 0.443. The summed E-state index contributed by atoms with van der Waals surface area (Å²) < 4.78 is 2.80. The minimum absolute atomic E-state index is 0. The first-order valence-corrected chi connectivity index (χ1v) is 5.15. The van der Waals surface area contributed by atoms with Crippen molar-refractivity contribution in [2.24, 2.45) is 5.84 Å². The molecule has 0 bridgehead atoms. The average Bonchev–Trinajstić information content (AvgIpc) is 1.99. The summed E-state index contributed by atoms with van der Waals surface area (Å²) in [5.74, 6) is 5.29. The van der Waals surface area contributed by atoms with Crippen LogP contribution in [0.15, 0.2) is 25.6 Å². The molecule has 12 heavy (non-hydrogen) atoms. The third-order valence-corrected chi connectivity index (χ3v) is 3.87. The summed E-state index contributed by atoms with van der Waals surface area (Å²) in [5, 5.41) is 0. The van der Waals surface area contributed by atoms with Crippen LogP contribution >= 0.6 is 60.2 Å². The maximum Gasteiger partial charge on any atom is 0.0782 e. The van der Waals surface area contributed by atoms with Gasteiger partial charge in [-0.2, -0.15) is 0 Å². The van der Waals surface area contributed by atoms with E-state index in [2.05, 4.69) is 53.2 Å². The van der Waals surface area contributed by atoms with Crippen LogP contribution in [0.4, 0.5) is 5.69 Å². The maximum absolute atomic E-state index is 5.29. The van der Waals surface area contributed by atoms with Crippen molar-refractivity contribution in [2.75, 3.05) is 5.43 Å². The number of nitrogen functional groups attached to an aromatic ring is 1. The molecule has 0 aliphatic carbocycles. The Labute approximate surface area is 102 Å². The van der Waals surface area contributed by atoms with Gasteiger partial charge in [0.2, 0.25) is 0 Å². The van der Waals surface area contributed by atoms with Gasteiger partial charge in [-0.1, -0.05) is 0 Å². The van der Waals surface area contributed by atoms with Crippen LogP contribution in [0, 0.1) is 0 Å². The summed E-state index contributed by atoms with van der Waals surface area (Å²) in [6.45, 7) is 0. The molecule has 0 aromatic heterocycles. The number of hydrogen-bond acceptors (Lipinski definition) is 2. The first kappa shape index (κ1) is 12.7. The number of rotatable bonds is 1. The second kappa shape index (κ2) is 5.44. The molecule has 0 fully saturated rings. The van der Waals surface area contributed by atoms with Crippen molar-refractivity contribution < 1.29 is 0 Å². The molecule has 0 atom stereocenters. The molecule has 0 spiro atoms. The van der Waals surface area contributed by atoms with Gasteiger partial charge in [0.05, 0.1) is 10.2 Å². The summed E-state index contributed by atoms with van der Waals surface area (Å²) >= 11 is 10.1. The standard InChI is InChI=1S/C6H5Br3N2.ClH/c7-3-1-2-4(8)6(11-10)5(3)9;/h1-2,11H,10H2;1H. The Morgan fingerprint density at radius 1 is 1.08 bits per heavy atom. The van der Waals surface area contributed by atoms with E-state index in [9.17, 15) is 0 Å². The molecule has 1 rings (SSSR count). The van der Waals surface area contributed by atoms with Crippen molar-refractivity contribution in [3.63, 3.8) is 0 Å². The highest BCUT2D eigenvalue weighted by Crippen LogP contribution is 2.35. The fraction of sp³-hybridized carbons (Fsp3) is 0. The van der Waals surface area contributed by atoms with Crippen molar-refractivity contribution >= 4 is 65.9 Å². The number of hydrazine groups is 1. The second-order valence-electron chi connectivity index (χ2n) is 1.86. The number of hydrogen-bond donors (Lipinski definition) is 2. The van der Waals surface area contributed by atoms with Crippen LogP contribution in [0.3, 0.4) is 0 Å². The highest BCUT2D eigenvalue weighted by molar-refractivity contribution is 9.13. The van der Waals surface area contributed by atoms with Gasteiger partial charge in [-0.25, -0.2) is 0 Å². The van der Waals surface area contributed by atoms with Crippen molar-refractivity contribution in [3.8, 4) is 0 Å². The van der Waals surface area contributed by atoms with E-state index >= 15 is 0 Å². The van der Waals surface area contributed by atoms with E-state index in [1.807, 2.05) is 12.1 Å². The fourth-order valence-electron chi connectivity index (χ4n) is 0.659. The Morgan fingerprint density at radius 3 is 2.00 bits per heavy atom. The molecule has 0 saturated heterocycles. The summed E-state index contributed by atoms with van der Waals surface area (Å²) in [4.78, 5) is 0. The molecule has 1 aromatic rings. The topological polar surface area (TPSA) is 38.0 Å². The van der Waals surface area contributed by atoms with E-state index < -0.39 is 0 Å². The molecular formula is C6H6Br3ClN2. The molecule has 6 heteroatoms. The van der Waals surface area contributed by atoms with Crippen molar-refractivity contribution in [3.05, 3.63) is 25.6 Å². The number of benzene rings is 1. The van der Waals surface area contributed by atoms with E-state index in [1.165, 1.54) is 0 Å². The second-order valence-corrected chi connectivity index (χ2v) is 4.36. The lowest BCUT2D eigenvalue weighted by molar-refractivity contribution is 1.32. The Balaban J connectivity index is 0.00000121. The van der Waals surface area contributed by atoms with Gasteiger partial charge in [0.1, 0.15) is 0 Å². The molecule has 2 nitrogen and oxygen atoms in total. The van der Waals surface area contributed by atoms with Crippen LogP contribution in [0.1, 0.15) is 0 Å². The van der Waals surface area contributed by atoms with E-state index in [4.69, 9.17) is 5.84 Å². The third-order valence-electron chi connectivity index (χ3n) is 1.19. The van der Waals surface area contributed by atoms with Gasteiger partial charge in [-0.15, -0.1) is 12.4 Å². The Hall–Kier alpha value is 0.710. The molecule has 0 aliphatic heterocycles. The lowest BCUT2D eigenvalue weighted by atomic mass is 10.3. The zero-order valence-corrected chi connectivity index (χ0v) is 11.3. The molecule has 0 heterocycles. The van der Waals surface area contributed by atoms with Crippen LogP contribution in [-0.4, -0.2) is 0 Å². The highest BCUT2D eigenvalue weighted by atomic mass is 79.9. The Kier molecular flexibility index (Phi) is 5.76. The SMILES string of the molecule is Cl.NNc1c(Br)ccc(Br)c1Br. The van der Waals surface area contributed by atoms with Crippen LogP contribution in [-0.2, 0) is 0 Å². The molecule has 0 unspecified atom stereocenters. The molecular weight excluding hydrogens is 375 g/mol. The van der Waals surface area contributed by atoms with Crippen molar-refractivity contribution in [2.45, 2.75) is 0 Å². The summed E-state index contributed by atoms with van der Waals surface area (Å²) in [5.41, 5.74) is 3.41. The van der Waals surface area contributed by atoms with Gasteiger partial charge >= 0.3 is 0 Å². The zero-order chi connectivity index (χ0) is 8.43. The maximum atomic E-state index is 5.29. The summed E-state index contributed by atoms with van der Waals surface area (Å²) in [6.07, 6.45) is 0. The summed E-state index contributed by atoms with van der Waals surface area (Å²) in [6, 6.07) is 3.83. The number of anilines is 1. The van der Waals surface area contributed by atoms with Crippen molar-refractivity contribution in [1.82, 2.24) is 0 Å². The van der Waals surface area contributed by atoms with Crippen LogP contribution in [0.25, 0.3) is 0 Å². The Bertz CT molecular complexity index is 280. The third kappa shape index (κ3) is 2.60. The molecule has 1 aromatic carbocycles. The van der Waals surface area contributed by atoms with E-state index in [0.717, 1.165) is 19.1 Å². The predicted molar refractivity (Wildman–Crippen MR) is 64.6 cm³/mol. The smallest absolute Gasteiger partial charge is 0.0782 e. The normalized spacial score (nSPS) is 9.00. The highest BCUT2D eigenvalue weighted by Gasteiger charge is 2.05. The van der Waals surface area contributed by atoms with Crippen LogP contribution < -0.4 is 11.3 Å². The molecule has 0 aliphatic rings. The van der Waals surface area contributed by atoms with Crippen LogP contribution in [0.2, 0.25) is 0 Å². The molecule has 3 N–H and O–H groups in total. The largest absolute Gasteiger partial charge is 0.322 e. The van der Waals surface area contributed by atoms with E-state index in [0.29, 0.717) is 0 Å². The summed E-state index contributed by atoms with van der Waals surface area (Å²) in [7, 11) is 0. The molecule has 0 radical (unpaired) electrons. The Morgan fingerprint density at radius 2 is 1.58 bits per heavy atom. The van der Waals surface area contributed by atoms with Gasteiger partial charge in [0.15, 0.2) is 0 Å². The number of nitrogens with two attached hydrogens (primary N) is 1. The predicted octanol–water partition coefficient (Wildman–Crippen LogP) is 3.68. The van der Waals surface area contributed by atoms with Gasteiger partial charge in [-0.05, 0) is 59.9 Å². The van der Waals surface area contributed by atoms with Gasteiger partial charge in [0, 0.05) is 8.95 Å². The molecule has 68 valence electrons. The number of halogens is 4. The first-order valence-electron chi connectivity index (χ1n) is 2.77.